The molecule has 2 heterocycles. The van der Waals surface area contributed by atoms with E-state index in [2.05, 4.69) is 9.71 Å². The van der Waals surface area contributed by atoms with Crippen molar-refractivity contribution in [3.8, 4) is 0 Å². The van der Waals surface area contributed by atoms with Gasteiger partial charge in [-0.15, -0.1) is 0 Å². The molecule has 0 atom stereocenters. The highest BCUT2D eigenvalue weighted by atomic mass is 32.2. The number of pyridine rings is 1. The smallest absolute Gasteiger partial charge is 0.336 e. The molecule has 124 valence electrons. The summed E-state index contributed by atoms with van der Waals surface area (Å²) in [7, 11) is -3.79. The quantitative estimate of drug-likeness (QED) is 0.572. The Bertz CT molecular complexity index is 1260. The van der Waals surface area contributed by atoms with E-state index in [1.54, 1.807) is 6.07 Å². The lowest BCUT2D eigenvalue weighted by Gasteiger charge is -2.09. The molecule has 0 aliphatic rings. The first-order valence-corrected chi connectivity index (χ1v) is 8.91. The number of nitrogens with one attached hydrogen (secondary N) is 1. The number of rotatable bonds is 3. The summed E-state index contributed by atoms with van der Waals surface area (Å²) in [4.78, 5) is 15.5. The van der Waals surface area contributed by atoms with Crippen LogP contribution in [0.2, 0.25) is 0 Å². The van der Waals surface area contributed by atoms with Gasteiger partial charge in [0.25, 0.3) is 10.0 Å². The summed E-state index contributed by atoms with van der Waals surface area (Å²) in [5.41, 5.74) is 1.01. The zero-order chi connectivity index (χ0) is 17.4. The van der Waals surface area contributed by atoms with Crippen LogP contribution in [0.5, 0.6) is 0 Å². The summed E-state index contributed by atoms with van der Waals surface area (Å²) in [6.45, 7) is 0. The number of aromatic nitrogens is 1. The number of para-hydroxylation sites is 1. The largest absolute Gasteiger partial charge is 0.423 e. The van der Waals surface area contributed by atoms with E-state index >= 15 is 0 Å². The summed E-state index contributed by atoms with van der Waals surface area (Å²) >= 11 is 0. The molecule has 0 saturated heterocycles. The van der Waals surface area contributed by atoms with Crippen LogP contribution >= 0.6 is 0 Å². The van der Waals surface area contributed by atoms with Crippen LogP contribution in [0.4, 0.5) is 5.69 Å². The minimum absolute atomic E-state index is 0.0713. The molecular weight excluding hydrogens is 340 g/mol. The molecular formula is C18H12N2O4S. The molecule has 7 heteroatoms. The van der Waals surface area contributed by atoms with E-state index in [0.29, 0.717) is 16.7 Å². The van der Waals surface area contributed by atoms with Gasteiger partial charge < -0.3 is 4.42 Å². The number of fused-ring (bicyclic) bond motifs is 2. The standard InChI is InChI=1S/C18H12N2O4S/c21-18-8-5-13-10-15(6-7-17(13)24-18)25(22,23)20-14-9-12-3-1-2-4-16(12)19-11-14/h1-11,20H. The van der Waals surface area contributed by atoms with Crippen LogP contribution in [-0.4, -0.2) is 13.4 Å². The molecule has 0 aliphatic heterocycles. The van der Waals surface area contributed by atoms with Gasteiger partial charge in [0.2, 0.25) is 0 Å². The molecule has 0 spiro atoms. The molecule has 2 aromatic carbocycles. The van der Waals surface area contributed by atoms with Gasteiger partial charge in [-0.05, 0) is 36.4 Å². The summed E-state index contributed by atoms with van der Waals surface area (Å²) < 4.78 is 32.8. The lowest BCUT2D eigenvalue weighted by atomic mass is 10.2. The van der Waals surface area contributed by atoms with E-state index in [4.69, 9.17) is 4.42 Å². The highest BCUT2D eigenvalue weighted by molar-refractivity contribution is 7.92. The van der Waals surface area contributed by atoms with Crippen LogP contribution in [0.25, 0.3) is 21.9 Å². The Morgan fingerprint density at radius 1 is 0.920 bits per heavy atom. The van der Waals surface area contributed by atoms with Crippen molar-refractivity contribution in [1.29, 1.82) is 0 Å². The Labute approximate surface area is 142 Å². The van der Waals surface area contributed by atoms with Gasteiger partial charge >= 0.3 is 5.63 Å². The highest BCUT2D eigenvalue weighted by Gasteiger charge is 2.15. The molecule has 2 aromatic heterocycles. The van der Waals surface area contributed by atoms with Crippen LogP contribution in [-0.2, 0) is 10.0 Å². The summed E-state index contributed by atoms with van der Waals surface area (Å²) in [6.07, 6.45) is 1.47. The van der Waals surface area contributed by atoms with E-state index < -0.39 is 15.6 Å². The Morgan fingerprint density at radius 3 is 2.64 bits per heavy atom. The molecule has 4 aromatic rings. The topological polar surface area (TPSA) is 89.3 Å². The summed E-state index contributed by atoms with van der Waals surface area (Å²) in [6, 6.07) is 16.2. The maximum atomic E-state index is 12.6. The monoisotopic (exact) mass is 352 g/mol. The average Bonchev–Trinajstić information content (AvgIpc) is 2.60. The van der Waals surface area contributed by atoms with Crippen molar-refractivity contribution in [2.75, 3.05) is 4.72 Å². The Morgan fingerprint density at radius 2 is 1.76 bits per heavy atom. The van der Waals surface area contributed by atoms with Crippen LogP contribution in [0, 0.1) is 0 Å². The molecule has 0 fully saturated rings. The van der Waals surface area contributed by atoms with Crippen LogP contribution in [0.3, 0.4) is 0 Å². The second-order valence-electron chi connectivity index (χ2n) is 5.48. The van der Waals surface area contributed by atoms with Gasteiger partial charge in [0.1, 0.15) is 5.58 Å². The lowest BCUT2D eigenvalue weighted by Crippen LogP contribution is -2.13. The van der Waals surface area contributed by atoms with Crippen molar-refractivity contribution in [3.63, 3.8) is 0 Å². The second kappa shape index (κ2) is 5.71. The second-order valence-corrected chi connectivity index (χ2v) is 7.16. The van der Waals surface area contributed by atoms with Crippen LogP contribution in [0.15, 0.2) is 81.0 Å². The van der Waals surface area contributed by atoms with Gasteiger partial charge in [-0.3, -0.25) is 9.71 Å². The van der Waals surface area contributed by atoms with Gasteiger partial charge in [-0.1, -0.05) is 18.2 Å². The molecule has 25 heavy (non-hydrogen) atoms. The van der Waals surface area contributed by atoms with Crippen LogP contribution < -0.4 is 10.3 Å². The molecule has 0 aliphatic carbocycles. The molecule has 0 radical (unpaired) electrons. The van der Waals surface area contributed by atoms with Gasteiger partial charge in [0.05, 0.1) is 22.3 Å². The average molecular weight is 352 g/mol. The summed E-state index contributed by atoms with van der Waals surface area (Å²) in [5, 5.41) is 1.36. The molecule has 4 rings (SSSR count). The van der Waals surface area contributed by atoms with Crippen LogP contribution in [0.1, 0.15) is 0 Å². The number of hydrogen-bond acceptors (Lipinski definition) is 5. The molecule has 1 N–H and O–H groups in total. The first kappa shape index (κ1) is 15.3. The van der Waals surface area contributed by atoms with Crippen molar-refractivity contribution in [1.82, 2.24) is 4.98 Å². The zero-order valence-corrected chi connectivity index (χ0v) is 13.7. The van der Waals surface area contributed by atoms with Crippen molar-refractivity contribution in [2.24, 2.45) is 0 Å². The predicted octanol–water partition coefficient (Wildman–Crippen LogP) is 3.14. The minimum Gasteiger partial charge on any atom is -0.423 e. The fourth-order valence-electron chi connectivity index (χ4n) is 2.56. The highest BCUT2D eigenvalue weighted by Crippen LogP contribution is 2.22. The fourth-order valence-corrected chi connectivity index (χ4v) is 3.63. The molecule has 0 saturated carbocycles. The van der Waals surface area contributed by atoms with E-state index in [-0.39, 0.29) is 4.90 Å². The number of anilines is 1. The van der Waals surface area contributed by atoms with Crippen molar-refractivity contribution >= 4 is 37.6 Å². The summed E-state index contributed by atoms with van der Waals surface area (Å²) in [5.74, 6) is 0. The van der Waals surface area contributed by atoms with Crippen molar-refractivity contribution in [2.45, 2.75) is 4.90 Å². The molecule has 0 amide bonds. The van der Waals surface area contributed by atoms with Gasteiger partial charge in [0.15, 0.2) is 0 Å². The Hall–Kier alpha value is -3.19. The first-order chi connectivity index (χ1) is 12.0. The SMILES string of the molecule is O=c1ccc2cc(S(=O)(=O)Nc3cnc4ccccc4c3)ccc2o1. The van der Waals surface area contributed by atoms with Gasteiger partial charge in [0, 0.05) is 16.8 Å². The third-order valence-corrected chi connectivity index (χ3v) is 5.12. The predicted molar refractivity (Wildman–Crippen MR) is 95.0 cm³/mol. The maximum Gasteiger partial charge on any atom is 0.336 e. The number of nitrogens with zero attached hydrogens (tertiary/aromatic N) is 1. The number of sulfonamides is 1. The minimum atomic E-state index is -3.79. The maximum absolute atomic E-state index is 12.6. The van der Waals surface area contributed by atoms with Crippen molar-refractivity contribution in [3.05, 3.63) is 77.3 Å². The molecule has 0 bridgehead atoms. The Balaban J connectivity index is 1.73. The molecule has 6 nitrogen and oxygen atoms in total. The van der Waals surface area contributed by atoms with E-state index in [1.807, 2.05) is 24.3 Å². The fraction of sp³-hybridized carbons (Fsp3) is 0. The zero-order valence-electron chi connectivity index (χ0n) is 12.8. The number of hydrogen-bond donors (Lipinski definition) is 1. The molecule has 0 unspecified atom stereocenters. The van der Waals surface area contributed by atoms with Crippen molar-refractivity contribution < 1.29 is 12.8 Å². The Kier molecular flexibility index (Phi) is 3.51. The first-order valence-electron chi connectivity index (χ1n) is 7.43. The third-order valence-electron chi connectivity index (χ3n) is 3.74. The number of benzene rings is 2. The van der Waals surface area contributed by atoms with Gasteiger partial charge in [-0.25, -0.2) is 13.2 Å². The van der Waals surface area contributed by atoms with E-state index in [9.17, 15) is 13.2 Å². The third kappa shape index (κ3) is 2.97. The lowest BCUT2D eigenvalue weighted by molar-refractivity contribution is 0.560. The van der Waals surface area contributed by atoms with E-state index in [1.165, 1.54) is 36.5 Å². The van der Waals surface area contributed by atoms with E-state index in [0.717, 1.165) is 10.9 Å². The normalized spacial score (nSPS) is 11.7. The van der Waals surface area contributed by atoms with Gasteiger partial charge in [-0.2, -0.15) is 0 Å².